The Morgan fingerprint density at radius 3 is 3.00 bits per heavy atom. The Bertz CT molecular complexity index is 821. The number of H-pyrrole nitrogens is 1. The molecule has 0 amide bonds. The number of hydrogen-bond donors (Lipinski definition) is 2. The van der Waals surface area contributed by atoms with Gasteiger partial charge in [-0.1, -0.05) is 0 Å². The Morgan fingerprint density at radius 1 is 1.44 bits per heavy atom. The number of aliphatic imine (C=N–C) groups is 1. The molecular weight excluding hydrogens is 338 g/mol. The molecule has 0 aromatic carbocycles. The fourth-order valence-electron chi connectivity index (χ4n) is 2.40. The Morgan fingerprint density at radius 2 is 2.32 bits per heavy atom. The predicted octanol–water partition coefficient (Wildman–Crippen LogP) is 2.08. The average molecular weight is 359 g/mol. The number of aryl methyl sites for hydroxylation is 1. The van der Waals surface area contributed by atoms with Gasteiger partial charge in [0.15, 0.2) is 11.7 Å². The first kappa shape index (κ1) is 17.2. The second-order valence-electron chi connectivity index (χ2n) is 5.52. The Labute approximate surface area is 150 Å². The van der Waals surface area contributed by atoms with E-state index >= 15 is 0 Å². The minimum absolute atomic E-state index is 0.570. The molecule has 0 saturated heterocycles. The van der Waals surface area contributed by atoms with Crippen molar-refractivity contribution >= 4 is 17.3 Å². The molecule has 3 aromatic rings. The third kappa shape index (κ3) is 4.44. The molecule has 0 atom stereocenters. The van der Waals surface area contributed by atoms with E-state index in [9.17, 15) is 0 Å². The highest BCUT2D eigenvalue weighted by molar-refractivity contribution is 7.09. The number of aromatic amines is 1. The average Bonchev–Trinajstić information content (AvgIpc) is 3.33. The van der Waals surface area contributed by atoms with Crippen molar-refractivity contribution < 1.29 is 4.42 Å². The summed E-state index contributed by atoms with van der Waals surface area (Å²) < 4.78 is 5.29. The molecule has 8 nitrogen and oxygen atoms in total. The summed E-state index contributed by atoms with van der Waals surface area (Å²) in [5.74, 6) is 2.84. The number of aromatic nitrogens is 4. The van der Waals surface area contributed by atoms with Gasteiger partial charge in [0.05, 0.1) is 23.5 Å². The van der Waals surface area contributed by atoms with Crippen LogP contribution in [-0.4, -0.2) is 51.7 Å². The molecule has 3 heterocycles. The van der Waals surface area contributed by atoms with Crippen LogP contribution in [0.4, 0.5) is 0 Å². The van der Waals surface area contributed by atoms with Crippen molar-refractivity contribution in [1.29, 1.82) is 0 Å². The number of guanidine groups is 1. The maximum atomic E-state index is 5.29. The maximum absolute atomic E-state index is 5.29. The van der Waals surface area contributed by atoms with Gasteiger partial charge in [0.1, 0.15) is 5.82 Å². The van der Waals surface area contributed by atoms with Crippen LogP contribution in [0.3, 0.4) is 0 Å². The first-order chi connectivity index (χ1) is 12.2. The van der Waals surface area contributed by atoms with Crippen molar-refractivity contribution in [3.8, 4) is 11.6 Å². The molecule has 3 aromatic heterocycles. The highest BCUT2D eigenvalue weighted by Crippen LogP contribution is 2.14. The minimum atomic E-state index is 0.570. The third-order valence-corrected chi connectivity index (χ3v) is 4.38. The van der Waals surface area contributed by atoms with Crippen LogP contribution in [0.2, 0.25) is 0 Å². The van der Waals surface area contributed by atoms with Gasteiger partial charge in [0.25, 0.3) is 0 Å². The molecule has 0 saturated carbocycles. The standard InChI is InChI=1S/C16H21N7OS/c1-11-19-12(10-25-11)9-23(3)16(17-2)18-7-6-14-20-15(22-21-14)13-5-4-8-24-13/h4-5,8,10H,6-7,9H2,1-3H3,(H,17,18)(H,20,21,22). The van der Waals surface area contributed by atoms with Crippen LogP contribution in [0.25, 0.3) is 11.6 Å². The summed E-state index contributed by atoms with van der Waals surface area (Å²) in [6.07, 6.45) is 2.31. The zero-order valence-corrected chi connectivity index (χ0v) is 15.3. The normalized spacial score (nSPS) is 11.7. The fraction of sp³-hybridized carbons (Fsp3) is 0.375. The molecule has 9 heteroatoms. The largest absolute Gasteiger partial charge is 0.461 e. The summed E-state index contributed by atoms with van der Waals surface area (Å²) >= 11 is 1.66. The highest BCUT2D eigenvalue weighted by Gasteiger charge is 2.10. The van der Waals surface area contributed by atoms with E-state index in [-0.39, 0.29) is 0 Å². The number of nitrogens with zero attached hydrogens (tertiary/aromatic N) is 5. The Hall–Kier alpha value is -2.68. The zero-order chi connectivity index (χ0) is 17.6. The van der Waals surface area contributed by atoms with E-state index in [1.807, 2.05) is 31.0 Å². The molecule has 0 fully saturated rings. The molecule has 25 heavy (non-hydrogen) atoms. The summed E-state index contributed by atoms with van der Waals surface area (Å²) in [5, 5.41) is 13.6. The minimum Gasteiger partial charge on any atom is -0.461 e. The predicted molar refractivity (Wildman–Crippen MR) is 97.5 cm³/mol. The van der Waals surface area contributed by atoms with Gasteiger partial charge in [0.2, 0.25) is 5.82 Å². The number of thiazole rings is 1. The van der Waals surface area contributed by atoms with E-state index in [0.717, 1.165) is 29.0 Å². The molecule has 3 rings (SSSR count). The van der Waals surface area contributed by atoms with Gasteiger partial charge in [0, 0.05) is 32.4 Å². The van der Waals surface area contributed by atoms with Gasteiger partial charge >= 0.3 is 0 Å². The monoisotopic (exact) mass is 359 g/mol. The van der Waals surface area contributed by atoms with E-state index in [4.69, 9.17) is 4.42 Å². The van der Waals surface area contributed by atoms with E-state index in [2.05, 4.69) is 35.9 Å². The Balaban J connectivity index is 1.50. The van der Waals surface area contributed by atoms with Crippen LogP contribution < -0.4 is 5.32 Å². The SMILES string of the molecule is CN=C(NCCc1nc(-c2ccco2)n[nH]1)N(C)Cc1csc(C)n1. The quantitative estimate of drug-likeness (QED) is 0.517. The van der Waals surface area contributed by atoms with Gasteiger partial charge in [-0.15, -0.1) is 11.3 Å². The lowest BCUT2D eigenvalue weighted by Gasteiger charge is -2.21. The number of hydrogen-bond acceptors (Lipinski definition) is 6. The number of nitrogens with one attached hydrogen (secondary N) is 2. The summed E-state index contributed by atoms with van der Waals surface area (Å²) in [6, 6.07) is 3.65. The van der Waals surface area contributed by atoms with Crippen molar-refractivity contribution in [2.24, 2.45) is 4.99 Å². The van der Waals surface area contributed by atoms with E-state index in [1.54, 1.807) is 24.6 Å². The van der Waals surface area contributed by atoms with Gasteiger partial charge in [-0.05, 0) is 19.1 Å². The summed E-state index contributed by atoms with van der Waals surface area (Å²) in [4.78, 5) is 15.3. The highest BCUT2D eigenvalue weighted by atomic mass is 32.1. The van der Waals surface area contributed by atoms with Gasteiger partial charge < -0.3 is 14.6 Å². The second kappa shape index (κ2) is 7.93. The molecule has 0 aliphatic heterocycles. The van der Waals surface area contributed by atoms with Gasteiger partial charge in [-0.2, -0.15) is 5.10 Å². The molecule has 0 bridgehead atoms. The molecule has 0 spiro atoms. The van der Waals surface area contributed by atoms with Crippen LogP contribution in [0, 0.1) is 6.92 Å². The molecule has 0 radical (unpaired) electrons. The van der Waals surface area contributed by atoms with Crippen LogP contribution >= 0.6 is 11.3 Å². The van der Waals surface area contributed by atoms with Crippen LogP contribution in [0.1, 0.15) is 16.5 Å². The van der Waals surface area contributed by atoms with E-state index in [0.29, 0.717) is 24.6 Å². The van der Waals surface area contributed by atoms with E-state index in [1.165, 1.54) is 0 Å². The molecular formula is C16H21N7OS. The van der Waals surface area contributed by atoms with Gasteiger partial charge in [-0.25, -0.2) is 9.97 Å². The van der Waals surface area contributed by atoms with Crippen molar-refractivity contribution in [2.75, 3.05) is 20.6 Å². The first-order valence-corrected chi connectivity index (χ1v) is 8.81. The molecule has 0 aliphatic rings. The lowest BCUT2D eigenvalue weighted by atomic mass is 10.4. The van der Waals surface area contributed by atoms with Gasteiger partial charge in [-0.3, -0.25) is 10.1 Å². The molecule has 132 valence electrons. The summed E-state index contributed by atoms with van der Waals surface area (Å²) in [6.45, 7) is 3.42. The lowest BCUT2D eigenvalue weighted by molar-refractivity contribution is 0.471. The smallest absolute Gasteiger partial charge is 0.216 e. The second-order valence-corrected chi connectivity index (χ2v) is 6.58. The molecule has 2 N–H and O–H groups in total. The molecule has 0 unspecified atom stereocenters. The van der Waals surface area contributed by atoms with Crippen molar-refractivity contribution in [3.63, 3.8) is 0 Å². The zero-order valence-electron chi connectivity index (χ0n) is 14.5. The van der Waals surface area contributed by atoms with Crippen LogP contribution in [-0.2, 0) is 13.0 Å². The fourth-order valence-corrected chi connectivity index (χ4v) is 3.00. The van der Waals surface area contributed by atoms with Crippen molar-refractivity contribution in [1.82, 2.24) is 30.4 Å². The lowest BCUT2D eigenvalue weighted by Crippen LogP contribution is -2.39. The van der Waals surface area contributed by atoms with Crippen LogP contribution in [0.5, 0.6) is 0 Å². The molecule has 0 aliphatic carbocycles. The van der Waals surface area contributed by atoms with Crippen molar-refractivity contribution in [3.05, 3.63) is 40.3 Å². The van der Waals surface area contributed by atoms with Crippen molar-refractivity contribution in [2.45, 2.75) is 19.9 Å². The number of furan rings is 1. The van der Waals surface area contributed by atoms with Crippen LogP contribution in [0.15, 0.2) is 33.2 Å². The summed E-state index contributed by atoms with van der Waals surface area (Å²) in [7, 11) is 3.77. The number of rotatable bonds is 6. The Kier molecular flexibility index (Phi) is 5.44. The maximum Gasteiger partial charge on any atom is 0.216 e. The summed E-state index contributed by atoms with van der Waals surface area (Å²) in [5.41, 5.74) is 1.05. The first-order valence-electron chi connectivity index (χ1n) is 7.93. The van der Waals surface area contributed by atoms with E-state index < -0.39 is 0 Å². The third-order valence-electron chi connectivity index (χ3n) is 3.56. The topological polar surface area (TPSA) is 95.2 Å².